The standard InChI is InChI=1S/C8H17NO2/c1-2-3-4-5-6-7(10)8(9)11/h8,11H,2-6,9H2,1H3. The summed E-state index contributed by atoms with van der Waals surface area (Å²) in [5.41, 5.74) is 4.96. The molecule has 0 saturated carbocycles. The van der Waals surface area contributed by atoms with E-state index in [0.717, 1.165) is 25.7 Å². The van der Waals surface area contributed by atoms with Crippen LogP contribution in [0, 0.1) is 0 Å². The predicted octanol–water partition coefficient (Wildman–Crippen LogP) is 0.803. The molecule has 0 aromatic heterocycles. The second kappa shape index (κ2) is 6.31. The summed E-state index contributed by atoms with van der Waals surface area (Å²) in [5, 5.41) is 8.61. The van der Waals surface area contributed by atoms with Crippen LogP contribution in [0.25, 0.3) is 0 Å². The van der Waals surface area contributed by atoms with Crippen molar-refractivity contribution in [1.82, 2.24) is 0 Å². The highest BCUT2D eigenvalue weighted by molar-refractivity contribution is 5.81. The summed E-state index contributed by atoms with van der Waals surface area (Å²) in [4.78, 5) is 10.7. The van der Waals surface area contributed by atoms with Gasteiger partial charge in [0.15, 0.2) is 12.0 Å². The molecule has 1 unspecified atom stereocenters. The van der Waals surface area contributed by atoms with Gasteiger partial charge in [-0.25, -0.2) is 0 Å². The first kappa shape index (κ1) is 10.6. The van der Waals surface area contributed by atoms with Crippen LogP contribution in [0.5, 0.6) is 0 Å². The molecule has 1 atom stereocenters. The zero-order valence-corrected chi connectivity index (χ0v) is 7.05. The lowest BCUT2D eigenvalue weighted by molar-refractivity contribution is -0.126. The van der Waals surface area contributed by atoms with Crippen molar-refractivity contribution in [3.8, 4) is 0 Å². The molecule has 0 fully saturated rings. The van der Waals surface area contributed by atoms with Crippen LogP contribution >= 0.6 is 0 Å². The van der Waals surface area contributed by atoms with E-state index >= 15 is 0 Å². The SMILES string of the molecule is CCCCCCC(=O)C(N)O. The molecule has 0 rings (SSSR count). The number of nitrogens with two attached hydrogens (primary N) is 1. The van der Waals surface area contributed by atoms with Gasteiger partial charge in [0.2, 0.25) is 0 Å². The van der Waals surface area contributed by atoms with Crippen LogP contribution < -0.4 is 5.73 Å². The van der Waals surface area contributed by atoms with E-state index in [4.69, 9.17) is 10.8 Å². The van der Waals surface area contributed by atoms with Gasteiger partial charge in [-0.3, -0.25) is 10.5 Å². The lowest BCUT2D eigenvalue weighted by atomic mass is 10.1. The lowest BCUT2D eigenvalue weighted by Gasteiger charge is -2.01. The Morgan fingerprint density at radius 3 is 2.55 bits per heavy atom. The Hall–Kier alpha value is -0.410. The van der Waals surface area contributed by atoms with Crippen LogP contribution in [0.2, 0.25) is 0 Å². The van der Waals surface area contributed by atoms with E-state index in [1.165, 1.54) is 0 Å². The van der Waals surface area contributed by atoms with Crippen LogP contribution in [-0.2, 0) is 4.79 Å². The quantitative estimate of drug-likeness (QED) is 0.445. The van der Waals surface area contributed by atoms with Crippen LogP contribution in [0.4, 0.5) is 0 Å². The Bertz CT molecular complexity index is 113. The highest BCUT2D eigenvalue weighted by Gasteiger charge is 2.07. The molecular formula is C8H17NO2. The van der Waals surface area contributed by atoms with Gasteiger partial charge in [-0.05, 0) is 6.42 Å². The fourth-order valence-electron chi connectivity index (χ4n) is 0.874. The molecule has 0 aliphatic rings. The van der Waals surface area contributed by atoms with Gasteiger partial charge < -0.3 is 5.11 Å². The summed E-state index contributed by atoms with van der Waals surface area (Å²) in [6.45, 7) is 2.11. The monoisotopic (exact) mass is 159 g/mol. The van der Waals surface area contributed by atoms with Crippen LogP contribution in [0.15, 0.2) is 0 Å². The minimum Gasteiger partial charge on any atom is -0.371 e. The third-order valence-electron chi connectivity index (χ3n) is 1.61. The fraction of sp³-hybridized carbons (Fsp3) is 0.875. The fourth-order valence-corrected chi connectivity index (χ4v) is 0.874. The average Bonchev–Trinajstić information content (AvgIpc) is 1.97. The normalized spacial score (nSPS) is 13.0. The summed E-state index contributed by atoms with van der Waals surface area (Å²) in [7, 11) is 0. The van der Waals surface area contributed by atoms with Gasteiger partial charge in [0, 0.05) is 6.42 Å². The van der Waals surface area contributed by atoms with Crippen LogP contribution in [0.1, 0.15) is 39.0 Å². The Labute approximate surface area is 67.6 Å². The van der Waals surface area contributed by atoms with Gasteiger partial charge >= 0.3 is 0 Å². The zero-order chi connectivity index (χ0) is 8.69. The predicted molar refractivity (Wildman–Crippen MR) is 44.0 cm³/mol. The van der Waals surface area contributed by atoms with Crippen molar-refractivity contribution in [3.05, 3.63) is 0 Å². The van der Waals surface area contributed by atoms with Crippen molar-refractivity contribution in [2.24, 2.45) is 5.73 Å². The third kappa shape index (κ3) is 6.01. The molecule has 11 heavy (non-hydrogen) atoms. The van der Waals surface area contributed by atoms with Crippen molar-refractivity contribution in [2.45, 2.75) is 45.3 Å². The number of hydrogen-bond donors (Lipinski definition) is 2. The molecule has 0 heterocycles. The number of hydrogen-bond acceptors (Lipinski definition) is 3. The molecule has 0 aromatic rings. The van der Waals surface area contributed by atoms with E-state index in [1.807, 2.05) is 0 Å². The van der Waals surface area contributed by atoms with E-state index < -0.39 is 6.23 Å². The highest BCUT2D eigenvalue weighted by atomic mass is 16.3. The number of aliphatic hydroxyl groups is 1. The number of ketones is 1. The number of aliphatic hydroxyl groups excluding tert-OH is 1. The molecule has 0 aliphatic heterocycles. The molecule has 66 valence electrons. The van der Waals surface area contributed by atoms with Gasteiger partial charge in [-0.15, -0.1) is 0 Å². The lowest BCUT2D eigenvalue weighted by Crippen LogP contribution is -2.29. The number of unbranched alkanes of at least 4 members (excludes halogenated alkanes) is 3. The maximum Gasteiger partial charge on any atom is 0.175 e. The molecule has 0 radical (unpaired) electrons. The summed E-state index contributed by atoms with van der Waals surface area (Å²) in [6.07, 6.45) is 3.34. The van der Waals surface area contributed by atoms with Gasteiger partial charge in [0.25, 0.3) is 0 Å². The molecule has 3 heteroatoms. The van der Waals surface area contributed by atoms with E-state index in [0.29, 0.717) is 6.42 Å². The molecule has 3 N–H and O–H groups in total. The molecule has 0 aromatic carbocycles. The first-order valence-corrected chi connectivity index (χ1v) is 4.14. The van der Waals surface area contributed by atoms with Gasteiger partial charge in [0.05, 0.1) is 0 Å². The first-order valence-electron chi connectivity index (χ1n) is 4.14. The number of carbonyl (C=O) groups excluding carboxylic acids is 1. The molecule has 0 spiro atoms. The van der Waals surface area contributed by atoms with E-state index in [9.17, 15) is 4.79 Å². The minimum atomic E-state index is -1.27. The summed E-state index contributed by atoms with van der Waals surface area (Å²) < 4.78 is 0. The molecular weight excluding hydrogens is 142 g/mol. The molecule has 0 saturated heterocycles. The zero-order valence-electron chi connectivity index (χ0n) is 7.05. The molecule has 0 bridgehead atoms. The second-order valence-electron chi connectivity index (χ2n) is 2.72. The van der Waals surface area contributed by atoms with E-state index in [-0.39, 0.29) is 5.78 Å². The maximum absolute atomic E-state index is 10.7. The molecule has 3 nitrogen and oxygen atoms in total. The van der Waals surface area contributed by atoms with Crippen molar-refractivity contribution in [3.63, 3.8) is 0 Å². The van der Waals surface area contributed by atoms with Gasteiger partial charge in [-0.2, -0.15) is 0 Å². The van der Waals surface area contributed by atoms with Gasteiger partial charge in [-0.1, -0.05) is 26.2 Å². The highest BCUT2D eigenvalue weighted by Crippen LogP contribution is 2.03. The summed E-state index contributed by atoms with van der Waals surface area (Å²) >= 11 is 0. The number of Topliss-reactive ketones (excluding diaryl/α,β-unsaturated/α-hetero) is 1. The number of carbonyl (C=O) groups is 1. The van der Waals surface area contributed by atoms with Crippen LogP contribution in [0.3, 0.4) is 0 Å². The Balaban J connectivity index is 3.18. The maximum atomic E-state index is 10.7. The minimum absolute atomic E-state index is 0.249. The van der Waals surface area contributed by atoms with Crippen molar-refractivity contribution < 1.29 is 9.90 Å². The van der Waals surface area contributed by atoms with Crippen molar-refractivity contribution >= 4 is 5.78 Å². The van der Waals surface area contributed by atoms with E-state index in [1.54, 1.807) is 0 Å². The summed E-state index contributed by atoms with van der Waals surface area (Å²) in [5.74, 6) is -0.249. The van der Waals surface area contributed by atoms with E-state index in [2.05, 4.69) is 6.92 Å². The van der Waals surface area contributed by atoms with Crippen LogP contribution in [-0.4, -0.2) is 17.1 Å². The topological polar surface area (TPSA) is 63.3 Å². The van der Waals surface area contributed by atoms with Crippen molar-refractivity contribution in [1.29, 1.82) is 0 Å². The second-order valence-corrected chi connectivity index (χ2v) is 2.72. The Kier molecular flexibility index (Phi) is 6.07. The Morgan fingerprint density at radius 2 is 2.09 bits per heavy atom. The summed E-state index contributed by atoms with van der Waals surface area (Å²) in [6, 6.07) is 0. The number of rotatable bonds is 6. The molecule has 0 aliphatic carbocycles. The Morgan fingerprint density at radius 1 is 1.45 bits per heavy atom. The average molecular weight is 159 g/mol. The van der Waals surface area contributed by atoms with Crippen molar-refractivity contribution in [2.75, 3.05) is 0 Å². The smallest absolute Gasteiger partial charge is 0.175 e. The largest absolute Gasteiger partial charge is 0.371 e. The van der Waals surface area contributed by atoms with Gasteiger partial charge in [0.1, 0.15) is 0 Å². The first-order chi connectivity index (χ1) is 5.18. The molecule has 0 amide bonds. The third-order valence-corrected chi connectivity index (χ3v) is 1.61.